The number of hydrogen-bond donors (Lipinski definition) is 1. The third-order valence-electron chi connectivity index (χ3n) is 3.06. The Morgan fingerprint density at radius 3 is 2.90 bits per heavy atom. The normalized spacial score (nSPS) is 10.8. The van der Waals surface area contributed by atoms with Crippen LogP contribution in [0, 0.1) is 6.92 Å². The fourth-order valence-corrected chi connectivity index (χ4v) is 2.82. The first-order valence-electron chi connectivity index (χ1n) is 7.11. The molecule has 0 radical (unpaired) electrons. The molecule has 0 saturated carbocycles. The molecule has 4 nitrogen and oxygen atoms in total. The van der Waals surface area contributed by atoms with Crippen LogP contribution in [0.15, 0.2) is 24.3 Å². The summed E-state index contributed by atoms with van der Waals surface area (Å²) in [7, 11) is 0. The van der Waals surface area contributed by atoms with Crippen molar-refractivity contribution in [1.29, 1.82) is 0 Å². The van der Waals surface area contributed by atoms with E-state index in [4.69, 9.17) is 5.73 Å². The van der Waals surface area contributed by atoms with Gasteiger partial charge in [-0.2, -0.15) is 4.37 Å². The van der Waals surface area contributed by atoms with E-state index in [0.717, 1.165) is 42.5 Å². The summed E-state index contributed by atoms with van der Waals surface area (Å²) in [5.41, 5.74) is 8.07. The summed E-state index contributed by atoms with van der Waals surface area (Å²) in [6.07, 6.45) is 2.95. The minimum Gasteiger partial charge on any atom is -0.330 e. The van der Waals surface area contributed by atoms with E-state index in [1.807, 2.05) is 0 Å². The van der Waals surface area contributed by atoms with Crippen LogP contribution in [-0.2, 0) is 6.42 Å². The van der Waals surface area contributed by atoms with Gasteiger partial charge in [0.05, 0.1) is 0 Å². The minimum absolute atomic E-state index is 0.683. The lowest BCUT2D eigenvalue weighted by Gasteiger charge is -2.21. The molecule has 0 atom stereocenters. The largest absolute Gasteiger partial charge is 0.330 e. The second-order valence-electron chi connectivity index (χ2n) is 4.88. The van der Waals surface area contributed by atoms with Gasteiger partial charge in [0.1, 0.15) is 5.82 Å². The highest BCUT2D eigenvalue weighted by Gasteiger charge is 2.14. The molecule has 5 heteroatoms. The number of aryl methyl sites for hydroxylation is 2. The first kappa shape index (κ1) is 14.9. The maximum atomic E-state index is 5.66. The Bertz CT molecular complexity index is 538. The summed E-state index contributed by atoms with van der Waals surface area (Å²) in [5, 5.41) is 0.965. The number of nitrogens with two attached hydrogens (primary N) is 1. The van der Waals surface area contributed by atoms with Gasteiger partial charge >= 0.3 is 0 Å². The maximum Gasteiger partial charge on any atom is 0.209 e. The topological polar surface area (TPSA) is 55.0 Å². The van der Waals surface area contributed by atoms with Crippen molar-refractivity contribution in [3.8, 4) is 0 Å². The van der Waals surface area contributed by atoms with Gasteiger partial charge < -0.3 is 10.6 Å². The highest BCUT2D eigenvalue weighted by Crippen LogP contribution is 2.28. The zero-order valence-corrected chi connectivity index (χ0v) is 13.0. The van der Waals surface area contributed by atoms with Gasteiger partial charge in [-0.1, -0.05) is 19.1 Å². The number of aromatic nitrogens is 2. The van der Waals surface area contributed by atoms with Crippen LogP contribution >= 0.6 is 11.5 Å². The lowest BCUT2D eigenvalue weighted by Crippen LogP contribution is -2.21. The number of hydrogen-bond acceptors (Lipinski definition) is 5. The van der Waals surface area contributed by atoms with Gasteiger partial charge in [-0.15, -0.1) is 0 Å². The summed E-state index contributed by atoms with van der Waals surface area (Å²) in [4.78, 5) is 6.87. The molecule has 2 N–H and O–H groups in total. The van der Waals surface area contributed by atoms with Crippen LogP contribution in [0.1, 0.15) is 31.2 Å². The van der Waals surface area contributed by atoms with Crippen LogP contribution in [0.2, 0.25) is 0 Å². The van der Waals surface area contributed by atoms with E-state index in [1.165, 1.54) is 17.1 Å². The molecular formula is C15H22N4S. The summed E-state index contributed by atoms with van der Waals surface area (Å²) in [6.45, 7) is 5.81. The van der Waals surface area contributed by atoms with Crippen molar-refractivity contribution < 1.29 is 0 Å². The highest BCUT2D eigenvalue weighted by molar-refractivity contribution is 7.09. The fraction of sp³-hybridized carbons (Fsp3) is 0.467. The lowest BCUT2D eigenvalue weighted by molar-refractivity contribution is 0.808. The Hall–Kier alpha value is -1.46. The number of nitrogens with zero attached hydrogens (tertiary/aromatic N) is 3. The van der Waals surface area contributed by atoms with E-state index in [0.29, 0.717) is 6.54 Å². The van der Waals surface area contributed by atoms with Crippen molar-refractivity contribution in [1.82, 2.24) is 9.36 Å². The molecular weight excluding hydrogens is 268 g/mol. The van der Waals surface area contributed by atoms with Crippen molar-refractivity contribution >= 4 is 22.4 Å². The van der Waals surface area contributed by atoms with Gasteiger partial charge in [0.15, 0.2) is 0 Å². The predicted molar refractivity (Wildman–Crippen MR) is 85.8 cm³/mol. The van der Waals surface area contributed by atoms with E-state index in [9.17, 15) is 0 Å². The molecule has 0 spiro atoms. The minimum atomic E-state index is 0.683. The van der Waals surface area contributed by atoms with Crippen LogP contribution in [0.3, 0.4) is 0 Å². The Kier molecular flexibility index (Phi) is 5.49. The molecule has 2 aromatic rings. The quantitative estimate of drug-likeness (QED) is 0.850. The molecule has 0 aliphatic carbocycles. The van der Waals surface area contributed by atoms with Gasteiger partial charge in [-0.3, -0.25) is 0 Å². The number of rotatable bonds is 7. The van der Waals surface area contributed by atoms with E-state index >= 15 is 0 Å². The van der Waals surface area contributed by atoms with Crippen LogP contribution < -0.4 is 10.6 Å². The van der Waals surface area contributed by atoms with E-state index in [-0.39, 0.29) is 0 Å². The van der Waals surface area contributed by atoms with E-state index < -0.39 is 0 Å². The number of anilines is 2. The van der Waals surface area contributed by atoms with Crippen LogP contribution in [0.25, 0.3) is 0 Å². The average molecular weight is 290 g/mol. The Labute approximate surface area is 124 Å². The first-order chi connectivity index (χ1) is 9.74. The van der Waals surface area contributed by atoms with Gasteiger partial charge in [0, 0.05) is 30.2 Å². The molecule has 1 heterocycles. The molecule has 0 bridgehead atoms. The monoisotopic (exact) mass is 290 g/mol. The summed E-state index contributed by atoms with van der Waals surface area (Å²) in [6, 6.07) is 8.48. The molecule has 0 aliphatic heterocycles. The zero-order chi connectivity index (χ0) is 14.4. The van der Waals surface area contributed by atoms with Crippen LogP contribution in [0.4, 0.5) is 10.8 Å². The first-order valence-corrected chi connectivity index (χ1v) is 7.88. The molecule has 108 valence electrons. The SMILES string of the molecule is CCCc1nsc(N(CCCN)c2cccc(C)c2)n1. The standard InChI is InChI=1S/C15H22N4S/c1-3-6-14-17-15(20-18-14)19(10-5-9-16)13-8-4-7-12(2)11-13/h4,7-8,11H,3,5-6,9-10,16H2,1-2H3. The smallest absolute Gasteiger partial charge is 0.209 e. The highest BCUT2D eigenvalue weighted by atomic mass is 32.1. The van der Waals surface area contributed by atoms with Crippen molar-refractivity contribution in [2.24, 2.45) is 5.73 Å². The molecule has 0 unspecified atom stereocenters. The van der Waals surface area contributed by atoms with Crippen molar-refractivity contribution in [2.75, 3.05) is 18.0 Å². The molecule has 20 heavy (non-hydrogen) atoms. The molecule has 1 aromatic carbocycles. The second kappa shape index (κ2) is 7.36. The Morgan fingerprint density at radius 2 is 2.20 bits per heavy atom. The summed E-state index contributed by atoms with van der Waals surface area (Å²) < 4.78 is 4.44. The van der Waals surface area contributed by atoms with Crippen LogP contribution in [0.5, 0.6) is 0 Å². The van der Waals surface area contributed by atoms with Crippen molar-refractivity contribution in [2.45, 2.75) is 33.1 Å². The van der Waals surface area contributed by atoms with Gasteiger partial charge in [0.25, 0.3) is 0 Å². The zero-order valence-electron chi connectivity index (χ0n) is 12.2. The van der Waals surface area contributed by atoms with Crippen LogP contribution in [-0.4, -0.2) is 22.4 Å². The third kappa shape index (κ3) is 3.77. The second-order valence-corrected chi connectivity index (χ2v) is 5.61. The Balaban J connectivity index is 2.26. The van der Waals surface area contributed by atoms with Gasteiger partial charge in [0.2, 0.25) is 5.13 Å². The molecule has 2 rings (SSSR count). The van der Waals surface area contributed by atoms with Gasteiger partial charge in [-0.25, -0.2) is 4.98 Å². The predicted octanol–water partition coefficient (Wildman–Crippen LogP) is 3.29. The van der Waals surface area contributed by atoms with Gasteiger partial charge in [-0.05, 0) is 44.0 Å². The van der Waals surface area contributed by atoms with Crippen molar-refractivity contribution in [3.05, 3.63) is 35.7 Å². The molecule has 0 aliphatic rings. The average Bonchev–Trinajstić information content (AvgIpc) is 2.88. The van der Waals surface area contributed by atoms with E-state index in [2.05, 4.69) is 52.4 Å². The third-order valence-corrected chi connectivity index (χ3v) is 3.84. The maximum absolute atomic E-state index is 5.66. The van der Waals surface area contributed by atoms with Crippen molar-refractivity contribution in [3.63, 3.8) is 0 Å². The molecule has 0 fully saturated rings. The summed E-state index contributed by atoms with van der Waals surface area (Å²) >= 11 is 1.47. The Morgan fingerprint density at radius 1 is 1.35 bits per heavy atom. The summed E-state index contributed by atoms with van der Waals surface area (Å²) in [5.74, 6) is 0.943. The lowest BCUT2D eigenvalue weighted by atomic mass is 10.2. The molecule has 1 aromatic heterocycles. The van der Waals surface area contributed by atoms with E-state index in [1.54, 1.807) is 0 Å². The molecule has 0 amide bonds. The number of benzene rings is 1. The molecule has 0 saturated heterocycles. The fourth-order valence-electron chi connectivity index (χ4n) is 2.06.